The van der Waals surface area contributed by atoms with E-state index in [9.17, 15) is 18.0 Å². The van der Waals surface area contributed by atoms with Gasteiger partial charge in [-0.2, -0.15) is 13.2 Å². The molecule has 1 unspecified atom stereocenters. The van der Waals surface area contributed by atoms with Gasteiger partial charge < -0.3 is 5.32 Å². The van der Waals surface area contributed by atoms with Crippen LogP contribution in [0.25, 0.3) is 0 Å². The lowest BCUT2D eigenvalue weighted by Crippen LogP contribution is -2.43. The van der Waals surface area contributed by atoms with Crippen LogP contribution in [0.5, 0.6) is 0 Å². The van der Waals surface area contributed by atoms with E-state index in [4.69, 9.17) is 0 Å². The third-order valence-corrected chi connectivity index (χ3v) is 1.76. The molecular formula is C9H9F3N2O. The number of amides is 1. The average Bonchev–Trinajstić information content (AvgIpc) is 2.17. The van der Waals surface area contributed by atoms with E-state index in [1.165, 1.54) is 24.5 Å². The van der Waals surface area contributed by atoms with Crippen molar-refractivity contribution in [1.82, 2.24) is 10.3 Å². The first kappa shape index (κ1) is 11.5. The predicted molar refractivity (Wildman–Crippen MR) is 47.2 cm³/mol. The van der Waals surface area contributed by atoms with Crippen LogP contribution in [0.1, 0.15) is 17.3 Å². The van der Waals surface area contributed by atoms with Crippen molar-refractivity contribution in [3.8, 4) is 0 Å². The number of carbonyl (C=O) groups is 1. The molecule has 0 saturated heterocycles. The molecular weight excluding hydrogens is 209 g/mol. The molecule has 1 N–H and O–H groups in total. The van der Waals surface area contributed by atoms with Gasteiger partial charge in [0.05, 0.1) is 5.56 Å². The second-order valence-corrected chi connectivity index (χ2v) is 2.98. The summed E-state index contributed by atoms with van der Waals surface area (Å²) in [5.74, 6) is -0.784. The number of halogens is 3. The molecule has 0 bridgehead atoms. The zero-order valence-corrected chi connectivity index (χ0v) is 7.88. The van der Waals surface area contributed by atoms with Crippen molar-refractivity contribution in [2.45, 2.75) is 19.1 Å². The van der Waals surface area contributed by atoms with Crippen LogP contribution in [0.2, 0.25) is 0 Å². The SMILES string of the molecule is CC(NC(=O)c1cccnc1)C(F)(F)F. The quantitative estimate of drug-likeness (QED) is 0.821. The van der Waals surface area contributed by atoms with Crippen molar-refractivity contribution in [3.63, 3.8) is 0 Å². The summed E-state index contributed by atoms with van der Waals surface area (Å²) >= 11 is 0. The Morgan fingerprint density at radius 2 is 2.20 bits per heavy atom. The van der Waals surface area contributed by atoms with E-state index >= 15 is 0 Å². The van der Waals surface area contributed by atoms with Crippen LogP contribution < -0.4 is 5.32 Å². The van der Waals surface area contributed by atoms with E-state index in [1.54, 1.807) is 0 Å². The average molecular weight is 218 g/mol. The number of rotatable bonds is 2. The second kappa shape index (κ2) is 4.29. The highest BCUT2D eigenvalue weighted by molar-refractivity contribution is 5.94. The van der Waals surface area contributed by atoms with Crippen molar-refractivity contribution >= 4 is 5.91 Å². The first-order valence-electron chi connectivity index (χ1n) is 4.19. The second-order valence-electron chi connectivity index (χ2n) is 2.98. The molecule has 3 nitrogen and oxygen atoms in total. The van der Waals surface area contributed by atoms with Crippen molar-refractivity contribution in [1.29, 1.82) is 0 Å². The van der Waals surface area contributed by atoms with Gasteiger partial charge in [-0.05, 0) is 19.1 Å². The number of nitrogens with one attached hydrogen (secondary N) is 1. The summed E-state index contributed by atoms with van der Waals surface area (Å²) < 4.78 is 36.3. The molecule has 0 aliphatic heterocycles. The Bertz CT molecular complexity index is 337. The van der Waals surface area contributed by atoms with Crippen LogP contribution >= 0.6 is 0 Å². The van der Waals surface area contributed by atoms with Crippen LogP contribution in [0.4, 0.5) is 13.2 Å². The molecule has 1 aromatic heterocycles. The Morgan fingerprint density at radius 3 is 2.67 bits per heavy atom. The minimum Gasteiger partial charge on any atom is -0.340 e. The normalized spacial score (nSPS) is 13.3. The number of nitrogens with zero attached hydrogens (tertiary/aromatic N) is 1. The fraction of sp³-hybridized carbons (Fsp3) is 0.333. The van der Waals surface area contributed by atoms with Crippen molar-refractivity contribution in [2.24, 2.45) is 0 Å². The van der Waals surface area contributed by atoms with E-state index in [0.29, 0.717) is 0 Å². The Labute approximate surface area is 84.3 Å². The van der Waals surface area contributed by atoms with Crippen LogP contribution in [0, 0.1) is 0 Å². The molecule has 0 fully saturated rings. The van der Waals surface area contributed by atoms with Gasteiger partial charge in [-0.15, -0.1) is 0 Å². The predicted octanol–water partition coefficient (Wildman–Crippen LogP) is 1.76. The van der Waals surface area contributed by atoms with Crippen LogP contribution in [-0.4, -0.2) is 23.1 Å². The van der Waals surface area contributed by atoms with Gasteiger partial charge in [0, 0.05) is 12.4 Å². The largest absolute Gasteiger partial charge is 0.408 e. The molecule has 1 aromatic rings. The summed E-state index contributed by atoms with van der Waals surface area (Å²) in [5.41, 5.74) is 0.105. The fourth-order valence-corrected chi connectivity index (χ4v) is 0.859. The Hall–Kier alpha value is -1.59. The fourth-order valence-electron chi connectivity index (χ4n) is 0.859. The van der Waals surface area contributed by atoms with Crippen LogP contribution in [-0.2, 0) is 0 Å². The molecule has 6 heteroatoms. The van der Waals surface area contributed by atoms with E-state index in [1.807, 2.05) is 5.32 Å². The molecule has 0 aromatic carbocycles. The highest BCUT2D eigenvalue weighted by Crippen LogP contribution is 2.19. The number of alkyl halides is 3. The van der Waals surface area contributed by atoms with E-state index < -0.39 is 18.1 Å². The van der Waals surface area contributed by atoms with Gasteiger partial charge >= 0.3 is 6.18 Å². The number of aromatic nitrogens is 1. The number of carbonyl (C=O) groups excluding carboxylic acids is 1. The molecule has 1 atom stereocenters. The maximum atomic E-state index is 12.1. The van der Waals surface area contributed by atoms with Crippen LogP contribution in [0.3, 0.4) is 0 Å². The van der Waals surface area contributed by atoms with Gasteiger partial charge in [0.15, 0.2) is 0 Å². The molecule has 0 aliphatic rings. The van der Waals surface area contributed by atoms with Crippen molar-refractivity contribution < 1.29 is 18.0 Å². The maximum absolute atomic E-state index is 12.1. The van der Waals surface area contributed by atoms with E-state index in [-0.39, 0.29) is 5.56 Å². The Kier molecular flexibility index (Phi) is 3.28. The standard InChI is InChI=1S/C9H9F3N2O/c1-6(9(10,11)12)14-8(15)7-3-2-4-13-5-7/h2-6H,1H3,(H,14,15). The molecule has 0 spiro atoms. The Morgan fingerprint density at radius 1 is 1.53 bits per heavy atom. The third kappa shape index (κ3) is 3.23. The lowest BCUT2D eigenvalue weighted by Gasteiger charge is -2.16. The van der Waals surface area contributed by atoms with Crippen LogP contribution in [0.15, 0.2) is 24.5 Å². The van der Waals surface area contributed by atoms with Gasteiger partial charge in [0.2, 0.25) is 0 Å². The molecule has 82 valence electrons. The highest BCUT2D eigenvalue weighted by Gasteiger charge is 2.37. The van der Waals surface area contributed by atoms with Gasteiger partial charge in [0.1, 0.15) is 6.04 Å². The topological polar surface area (TPSA) is 42.0 Å². The summed E-state index contributed by atoms with van der Waals surface area (Å²) in [6, 6.07) is 1.00. The minimum atomic E-state index is -4.43. The van der Waals surface area contributed by atoms with Gasteiger partial charge in [-0.25, -0.2) is 0 Å². The molecule has 1 heterocycles. The lowest BCUT2D eigenvalue weighted by molar-refractivity contribution is -0.149. The summed E-state index contributed by atoms with van der Waals surface area (Å²) in [7, 11) is 0. The highest BCUT2D eigenvalue weighted by atomic mass is 19.4. The van der Waals surface area contributed by atoms with E-state index in [2.05, 4.69) is 4.98 Å². The summed E-state index contributed by atoms with van der Waals surface area (Å²) in [5, 5.41) is 1.83. The summed E-state index contributed by atoms with van der Waals surface area (Å²) in [4.78, 5) is 14.9. The summed E-state index contributed by atoms with van der Waals surface area (Å²) in [6.45, 7) is 0.883. The van der Waals surface area contributed by atoms with Crippen molar-refractivity contribution in [2.75, 3.05) is 0 Å². The zero-order valence-electron chi connectivity index (χ0n) is 7.88. The molecule has 1 amide bonds. The molecule has 0 saturated carbocycles. The maximum Gasteiger partial charge on any atom is 0.408 e. The number of hydrogen-bond acceptors (Lipinski definition) is 2. The molecule has 1 rings (SSSR count). The molecule has 0 aliphatic carbocycles. The first-order chi connectivity index (χ1) is 6.91. The van der Waals surface area contributed by atoms with Gasteiger partial charge in [-0.1, -0.05) is 0 Å². The number of hydrogen-bond donors (Lipinski definition) is 1. The van der Waals surface area contributed by atoms with Crippen molar-refractivity contribution in [3.05, 3.63) is 30.1 Å². The Balaban J connectivity index is 2.65. The summed E-state index contributed by atoms with van der Waals surface area (Å²) in [6.07, 6.45) is -1.79. The lowest BCUT2D eigenvalue weighted by atomic mass is 10.2. The van der Waals surface area contributed by atoms with Gasteiger partial charge in [0.25, 0.3) is 5.91 Å². The third-order valence-electron chi connectivity index (χ3n) is 1.76. The molecule has 15 heavy (non-hydrogen) atoms. The van der Waals surface area contributed by atoms with Gasteiger partial charge in [-0.3, -0.25) is 9.78 Å². The minimum absolute atomic E-state index is 0.105. The zero-order chi connectivity index (χ0) is 11.5. The van der Waals surface area contributed by atoms with E-state index in [0.717, 1.165) is 6.92 Å². The first-order valence-corrected chi connectivity index (χ1v) is 4.19. The smallest absolute Gasteiger partial charge is 0.340 e. The molecule has 0 radical (unpaired) electrons. The number of pyridine rings is 1. The monoisotopic (exact) mass is 218 g/mol.